The summed E-state index contributed by atoms with van der Waals surface area (Å²) in [6, 6.07) is 22.5. The summed E-state index contributed by atoms with van der Waals surface area (Å²) in [5, 5.41) is 15.7. The zero-order valence-electron chi connectivity index (χ0n) is 14.6. The van der Waals surface area contributed by atoms with E-state index in [4.69, 9.17) is 21.1 Å². The van der Waals surface area contributed by atoms with Crippen molar-refractivity contribution in [3.8, 4) is 11.3 Å². The minimum absolute atomic E-state index is 0.0121. The van der Waals surface area contributed by atoms with Gasteiger partial charge in [0.25, 0.3) is 0 Å². The number of halogens is 1. The van der Waals surface area contributed by atoms with Crippen LogP contribution in [0.25, 0.3) is 22.1 Å². The number of furan rings is 1. The number of hydrogen-bond acceptors (Lipinski definition) is 4. The minimum Gasteiger partial charge on any atom is -0.478 e. The molecular formula is C22H15ClN2O3. The van der Waals surface area contributed by atoms with Gasteiger partial charge in [-0.1, -0.05) is 54.1 Å². The molecule has 1 aromatic heterocycles. The first-order valence-electron chi connectivity index (χ1n) is 8.52. The topological polar surface area (TPSA) is 74.8 Å². The van der Waals surface area contributed by atoms with Gasteiger partial charge in [0, 0.05) is 5.56 Å². The van der Waals surface area contributed by atoms with Crippen LogP contribution in [0.5, 0.6) is 0 Å². The van der Waals surface area contributed by atoms with Crippen LogP contribution in [0.3, 0.4) is 0 Å². The number of benzene rings is 3. The molecule has 0 saturated heterocycles. The summed E-state index contributed by atoms with van der Waals surface area (Å²) in [5.74, 6) is 0.226. The maximum Gasteiger partial charge on any atom is 0.337 e. The quantitative estimate of drug-likeness (QED) is 0.328. The number of carboxylic acid groups (broad SMARTS) is 1. The fourth-order valence-electron chi connectivity index (χ4n) is 2.94. The molecule has 4 rings (SSSR count). The van der Waals surface area contributed by atoms with Gasteiger partial charge in [0.05, 0.1) is 22.5 Å². The van der Waals surface area contributed by atoms with Crippen LogP contribution in [0.2, 0.25) is 5.02 Å². The van der Waals surface area contributed by atoms with Crippen molar-refractivity contribution in [1.29, 1.82) is 0 Å². The molecular weight excluding hydrogens is 376 g/mol. The maximum absolute atomic E-state index is 11.1. The van der Waals surface area contributed by atoms with Crippen LogP contribution in [0.15, 0.2) is 82.3 Å². The standard InChI is InChI=1S/C22H15ClN2O3/c23-20-10-8-15(12-19(20)22(26)27)25-24-13-16-9-11-21(28-16)18-7-3-5-14-4-1-2-6-17(14)18/h1-13,25H,(H,26,27). The van der Waals surface area contributed by atoms with Crippen molar-refractivity contribution in [1.82, 2.24) is 0 Å². The highest BCUT2D eigenvalue weighted by Crippen LogP contribution is 2.29. The van der Waals surface area contributed by atoms with Crippen molar-refractivity contribution in [3.05, 3.63) is 89.1 Å². The Morgan fingerprint density at radius 3 is 2.71 bits per heavy atom. The van der Waals surface area contributed by atoms with Crippen molar-refractivity contribution in [3.63, 3.8) is 0 Å². The number of fused-ring (bicyclic) bond motifs is 1. The van der Waals surface area contributed by atoms with Crippen LogP contribution >= 0.6 is 11.6 Å². The second kappa shape index (κ2) is 7.58. The van der Waals surface area contributed by atoms with Gasteiger partial charge in [-0.15, -0.1) is 0 Å². The lowest BCUT2D eigenvalue weighted by Gasteiger charge is -2.04. The average Bonchev–Trinajstić information content (AvgIpc) is 3.17. The molecule has 0 aliphatic rings. The Labute approximate surface area is 165 Å². The van der Waals surface area contributed by atoms with Crippen molar-refractivity contribution in [2.45, 2.75) is 0 Å². The Balaban J connectivity index is 1.54. The summed E-state index contributed by atoms with van der Waals surface area (Å²) in [6.45, 7) is 0. The van der Waals surface area contributed by atoms with Crippen molar-refractivity contribution < 1.29 is 14.3 Å². The van der Waals surface area contributed by atoms with E-state index in [1.807, 2.05) is 36.4 Å². The molecule has 0 saturated carbocycles. The summed E-state index contributed by atoms with van der Waals surface area (Å²) >= 11 is 5.86. The molecule has 1 heterocycles. The number of nitrogens with one attached hydrogen (secondary N) is 1. The number of carboxylic acids is 1. The lowest BCUT2D eigenvalue weighted by Crippen LogP contribution is -1.99. The van der Waals surface area contributed by atoms with Crippen molar-refractivity contribution >= 4 is 40.2 Å². The van der Waals surface area contributed by atoms with Crippen LogP contribution in [-0.4, -0.2) is 17.3 Å². The van der Waals surface area contributed by atoms with Crippen molar-refractivity contribution in [2.75, 3.05) is 5.43 Å². The summed E-state index contributed by atoms with van der Waals surface area (Å²) in [6.07, 6.45) is 1.53. The van der Waals surface area contributed by atoms with E-state index in [-0.39, 0.29) is 10.6 Å². The summed E-state index contributed by atoms with van der Waals surface area (Å²) in [4.78, 5) is 11.1. The van der Waals surface area contributed by atoms with E-state index in [1.54, 1.807) is 6.07 Å². The normalized spacial score (nSPS) is 11.2. The number of hydrogen-bond donors (Lipinski definition) is 2. The number of anilines is 1. The first-order chi connectivity index (χ1) is 13.6. The van der Waals surface area contributed by atoms with Crippen LogP contribution in [0, 0.1) is 0 Å². The molecule has 28 heavy (non-hydrogen) atoms. The predicted octanol–water partition coefficient (Wildman–Crippen LogP) is 5.90. The smallest absolute Gasteiger partial charge is 0.337 e. The summed E-state index contributed by atoms with van der Waals surface area (Å²) < 4.78 is 5.89. The van der Waals surface area contributed by atoms with Gasteiger partial charge in [-0.2, -0.15) is 5.10 Å². The van der Waals surface area contributed by atoms with Gasteiger partial charge in [-0.05, 0) is 41.1 Å². The Morgan fingerprint density at radius 2 is 1.86 bits per heavy atom. The summed E-state index contributed by atoms with van der Waals surface area (Å²) in [5.41, 5.74) is 4.32. The molecule has 0 aliphatic heterocycles. The SMILES string of the molecule is O=C(O)c1cc(NN=Cc2ccc(-c3cccc4ccccc34)o2)ccc1Cl. The van der Waals surface area contributed by atoms with Crippen LogP contribution in [0.1, 0.15) is 16.1 Å². The minimum atomic E-state index is -1.09. The monoisotopic (exact) mass is 390 g/mol. The Hall–Kier alpha value is -3.57. The molecule has 0 atom stereocenters. The lowest BCUT2D eigenvalue weighted by molar-refractivity contribution is 0.0697. The average molecular weight is 391 g/mol. The number of nitrogens with zero attached hydrogens (tertiary/aromatic N) is 1. The van der Waals surface area contributed by atoms with E-state index in [2.05, 4.69) is 28.7 Å². The number of hydrazone groups is 1. The van der Waals surface area contributed by atoms with E-state index < -0.39 is 5.97 Å². The van der Waals surface area contributed by atoms with Crippen LogP contribution in [-0.2, 0) is 0 Å². The fraction of sp³-hybridized carbons (Fsp3) is 0. The molecule has 3 aromatic carbocycles. The van der Waals surface area contributed by atoms with Gasteiger partial charge in [-0.25, -0.2) is 4.79 Å². The molecule has 0 fully saturated rings. The zero-order valence-corrected chi connectivity index (χ0v) is 15.4. The highest BCUT2D eigenvalue weighted by Gasteiger charge is 2.09. The van der Waals surface area contributed by atoms with E-state index in [0.717, 1.165) is 22.1 Å². The third-order valence-corrected chi connectivity index (χ3v) is 4.59. The third-order valence-electron chi connectivity index (χ3n) is 4.26. The Bertz CT molecular complexity index is 1190. The molecule has 4 aromatic rings. The second-order valence-electron chi connectivity index (χ2n) is 6.10. The van der Waals surface area contributed by atoms with E-state index in [0.29, 0.717) is 11.4 Å². The Kier molecular flexibility index (Phi) is 4.83. The molecule has 138 valence electrons. The Morgan fingerprint density at radius 1 is 1.04 bits per heavy atom. The van der Waals surface area contributed by atoms with Gasteiger partial charge < -0.3 is 9.52 Å². The summed E-state index contributed by atoms with van der Waals surface area (Å²) in [7, 11) is 0. The molecule has 0 radical (unpaired) electrons. The van der Waals surface area contributed by atoms with Crippen molar-refractivity contribution in [2.24, 2.45) is 5.10 Å². The molecule has 5 nitrogen and oxygen atoms in total. The van der Waals surface area contributed by atoms with Gasteiger partial charge in [-0.3, -0.25) is 5.43 Å². The van der Waals surface area contributed by atoms with Crippen LogP contribution < -0.4 is 5.43 Å². The molecule has 0 spiro atoms. The first-order valence-corrected chi connectivity index (χ1v) is 8.89. The van der Waals surface area contributed by atoms with Gasteiger partial charge in [0.2, 0.25) is 0 Å². The largest absolute Gasteiger partial charge is 0.478 e. The lowest BCUT2D eigenvalue weighted by atomic mass is 10.0. The molecule has 6 heteroatoms. The van der Waals surface area contributed by atoms with Gasteiger partial charge in [0.15, 0.2) is 0 Å². The van der Waals surface area contributed by atoms with E-state index in [9.17, 15) is 4.79 Å². The molecule has 0 bridgehead atoms. The second-order valence-corrected chi connectivity index (χ2v) is 6.51. The van der Waals surface area contributed by atoms with Crippen LogP contribution in [0.4, 0.5) is 5.69 Å². The highest BCUT2D eigenvalue weighted by molar-refractivity contribution is 6.33. The van der Waals surface area contributed by atoms with E-state index in [1.165, 1.54) is 18.3 Å². The predicted molar refractivity (Wildman–Crippen MR) is 111 cm³/mol. The van der Waals surface area contributed by atoms with Gasteiger partial charge >= 0.3 is 5.97 Å². The third kappa shape index (κ3) is 3.61. The maximum atomic E-state index is 11.1. The number of rotatable bonds is 5. The number of carbonyl (C=O) groups is 1. The fourth-order valence-corrected chi connectivity index (χ4v) is 3.13. The molecule has 2 N–H and O–H groups in total. The molecule has 0 unspecified atom stereocenters. The van der Waals surface area contributed by atoms with E-state index >= 15 is 0 Å². The highest BCUT2D eigenvalue weighted by atomic mass is 35.5. The molecule has 0 amide bonds. The number of aromatic carboxylic acids is 1. The van der Waals surface area contributed by atoms with Gasteiger partial charge in [0.1, 0.15) is 11.5 Å². The molecule has 0 aliphatic carbocycles. The first kappa shape index (κ1) is 17.8. The zero-order chi connectivity index (χ0) is 19.5.